The number of aromatic carboxylic acids is 1. The molecule has 0 aliphatic carbocycles. The van der Waals surface area contributed by atoms with Gasteiger partial charge >= 0.3 is 5.97 Å². The van der Waals surface area contributed by atoms with Crippen LogP contribution in [0.1, 0.15) is 10.4 Å². The molecule has 4 aromatic rings. The standard InChI is InChI=1S/C17H11NO2S/c19-17(20)16-12(10-18-8-4-3-6-13(16)18)15-9-11-5-1-2-7-14(11)21-15/h1-10H,(H,19,20). The number of thiophene rings is 1. The lowest BCUT2D eigenvalue weighted by Gasteiger charge is -1.96. The summed E-state index contributed by atoms with van der Waals surface area (Å²) in [4.78, 5) is 12.7. The quantitative estimate of drug-likeness (QED) is 0.590. The summed E-state index contributed by atoms with van der Waals surface area (Å²) < 4.78 is 3.03. The molecule has 0 bridgehead atoms. The molecular formula is C17H11NO2S. The van der Waals surface area contributed by atoms with Crippen LogP contribution in [0.2, 0.25) is 0 Å². The number of hydrogen-bond donors (Lipinski definition) is 1. The minimum Gasteiger partial charge on any atom is -0.478 e. The van der Waals surface area contributed by atoms with Crippen molar-refractivity contribution in [3.05, 3.63) is 66.5 Å². The van der Waals surface area contributed by atoms with Crippen molar-refractivity contribution in [3.8, 4) is 10.4 Å². The maximum absolute atomic E-state index is 11.7. The van der Waals surface area contributed by atoms with E-state index in [1.54, 1.807) is 11.3 Å². The summed E-state index contributed by atoms with van der Waals surface area (Å²) in [6.07, 6.45) is 3.77. The van der Waals surface area contributed by atoms with Crippen LogP contribution in [0.4, 0.5) is 0 Å². The Bertz CT molecular complexity index is 948. The van der Waals surface area contributed by atoms with Crippen molar-refractivity contribution in [2.75, 3.05) is 0 Å². The molecule has 0 amide bonds. The van der Waals surface area contributed by atoms with Gasteiger partial charge in [0.1, 0.15) is 0 Å². The smallest absolute Gasteiger partial charge is 0.338 e. The van der Waals surface area contributed by atoms with E-state index >= 15 is 0 Å². The van der Waals surface area contributed by atoms with Gasteiger partial charge in [-0.15, -0.1) is 11.3 Å². The largest absolute Gasteiger partial charge is 0.478 e. The summed E-state index contributed by atoms with van der Waals surface area (Å²) >= 11 is 1.62. The molecule has 4 rings (SSSR count). The number of aromatic nitrogens is 1. The van der Waals surface area contributed by atoms with Gasteiger partial charge in [-0.25, -0.2) is 4.79 Å². The fourth-order valence-electron chi connectivity index (χ4n) is 2.65. The monoisotopic (exact) mass is 293 g/mol. The molecular weight excluding hydrogens is 282 g/mol. The first-order valence-corrected chi connectivity index (χ1v) is 7.37. The van der Waals surface area contributed by atoms with Crippen molar-refractivity contribution in [3.63, 3.8) is 0 Å². The Morgan fingerprint density at radius 3 is 2.71 bits per heavy atom. The summed E-state index contributed by atoms with van der Waals surface area (Å²) in [5.41, 5.74) is 1.86. The van der Waals surface area contributed by atoms with Gasteiger partial charge in [-0.1, -0.05) is 24.3 Å². The molecule has 3 nitrogen and oxygen atoms in total. The van der Waals surface area contributed by atoms with Crippen molar-refractivity contribution in [2.24, 2.45) is 0 Å². The van der Waals surface area contributed by atoms with Gasteiger partial charge in [-0.3, -0.25) is 0 Å². The number of carbonyl (C=O) groups is 1. The SMILES string of the molecule is O=C(O)c1c(-c2cc3ccccc3s2)cn2ccccc12. The fraction of sp³-hybridized carbons (Fsp3) is 0. The highest BCUT2D eigenvalue weighted by molar-refractivity contribution is 7.22. The molecule has 1 aromatic carbocycles. The van der Waals surface area contributed by atoms with Gasteiger partial charge in [0.05, 0.1) is 11.1 Å². The Morgan fingerprint density at radius 2 is 1.90 bits per heavy atom. The second-order valence-electron chi connectivity index (χ2n) is 4.86. The highest BCUT2D eigenvalue weighted by Gasteiger charge is 2.19. The number of carboxylic acid groups (broad SMARTS) is 1. The van der Waals surface area contributed by atoms with Gasteiger partial charge in [0, 0.05) is 27.5 Å². The van der Waals surface area contributed by atoms with E-state index in [9.17, 15) is 9.90 Å². The van der Waals surface area contributed by atoms with Gasteiger partial charge in [0.15, 0.2) is 0 Å². The van der Waals surface area contributed by atoms with E-state index in [2.05, 4.69) is 12.1 Å². The van der Waals surface area contributed by atoms with Gasteiger partial charge in [-0.05, 0) is 29.7 Å². The van der Waals surface area contributed by atoms with Crippen molar-refractivity contribution in [1.29, 1.82) is 0 Å². The van der Waals surface area contributed by atoms with Crippen LogP contribution >= 0.6 is 11.3 Å². The van der Waals surface area contributed by atoms with Crippen LogP contribution in [-0.4, -0.2) is 15.5 Å². The lowest BCUT2D eigenvalue weighted by Crippen LogP contribution is -1.97. The van der Waals surface area contributed by atoms with E-state index in [0.29, 0.717) is 5.56 Å². The third kappa shape index (κ3) is 1.84. The van der Waals surface area contributed by atoms with Crippen LogP contribution in [0.25, 0.3) is 26.0 Å². The number of carboxylic acids is 1. The van der Waals surface area contributed by atoms with Crippen LogP contribution in [-0.2, 0) is 0 Å². The molecule has 3 aromatic heterocycles. The van der Waals surface area contributed by atoms with Gasteiger partial charge in [0.2, 0.25) is 0 Å². The molecule has 0 spiro atoms. The topological polar surface area (TPSA) is 41.7 Å². The zero-order chi connectivity index (χ0) is 14.4. The van der Waals surface area contributed by atoms with Crippen molar-refractivity contribution in [2.45, 2.75) is 0 Å². The summed E-state index contributed by atoms with van der Waals surface area (Å²) in [5.74, 6) is -0.892. The predicted molar refractivity (Wildman–Crippen MR) is 85.2 cm³/mol. The molecule has 0 aliphatic heterocycles. The summed E-state index contributed by atoms with van der Waals surface area (Å²) in [6.45, 7) is 0. The molecule has 0 radical (unpaired) electrons. The van der Waals surface area contributed by atoms with E-state index in [1.165, 1.54) is 4.70 Å². The third-order valence-corrected chi connectivity index (χ3v) is 4.74. The first-order valence-electron chi connectivity index (χ1n) is 6.56. The summed E-state index contributed by atoms with van der Waals surface area (Å²) in [6, 6.07) is 15.7. The van der Waals surface area contributed by atoms with E-state index in [1.807, 2.05) is 53.2 Å². The normalized spacial score (nSPS) is 11.2. The number of benzene rings is 1. The Kier molecular flexibility index (Phi) is 2.59. The Balaban J connectivity index is 2.05. The lowest BCUT2D eigenvalue weighted by molar-refractivity contribution is 0.0700. The molecule has 21 heavy (non-hydrogen) atoms. The second kappa shape index (κ2) is 4.46. The number of rotatable bonds is 2. The highest BCUT2D eigenvalue weighted by Crippen LogP contribution is 2.37. The Morgan fingerprint density at radius 1 is 1.10 bits per heavy atom. The second-order valence-corrected chi connectivity index (χ2v) is 5.95. The molecule has 1 N–H and O–H groups in total. The Hall–Kier alpha value is -2.59. The van der Waals surface area contributed by atoms with Crippen molar-refractivity contribution < 1.29 is 9.90 Å². The molecule has 4 heteroatoms. The highest BCUT2D eigenvalue weighted by atomic mass is 32.1. The van der Waals surface area contributed by atoms with Crippen LogP contribution < -0.4 is 0 Å². The van der Waals surface area contributed by atoms with E-state index in [-0.39, 0.29) is 0 Å². The first-order chi connectivity index (χ1) is 10.2. The number of hydrogen-bond acceptors (Lipinski definition) is 2. The molecule has 0 saturated carbocycles. The predicted octanol–water partition coefficient (Wildman–Crippen LogP) is 4.52. The third-order valence-electron chi connectivity index (χ3n) is 3.59. The molecule has 0 saturated heterocycles. The molecule has 0 fully saturated rings. The maximum Gasteiger partial charge on any atom is 0.338 e. The number of nitrogens with zero attached hydrogens (tertiary/aromatic N) is 1. The van der Waals surface area contributed by atoms with Gasteiger partial charge in [0.25, 0.3) is 0 Å². The summed E-state index contributed by atoms with van der Waals surface area (Å²) in [7, 11) is 0. The average Bonchev–Trinajstić information content (AvgIpc) is 3.08. The molecule has 0 aliphatic rings. The average molecular weight is 293 g/mol. The lowest BCUT2D eigenvalue weighted by atomic mass is 10.1. The van der Waals surface area contributed by atoms with E-state index in [4.69, 9.17) is 0 Å². The van der Waals surface area contributed by atoms with Crippen LogP contribution in [0.5, 0.6) is 0 Å². The minimum absolute atomic E-state index is 0.363. The van der Waals surface area contributed by atoms with E-state index in [0.717, 1.165) is 21.3 Å². The molecule has 0 atom stereocenters. The fourth-order valence-corrected chi connectivity index (χ4v) is 3.73. The number of pyridine rings is 1. The summed E-state index contributed by atoms with van der Waals surface area (Å²) in [5, 5.41) is 10.7. The van der Waals surface area contributed by atoms with Gasteiger partial charge in [-0.2, -0.15) is 0 Å². The van der Waals surface area contributed by atoms with Crippen molar-refractivity contribution in [1.82, 2.24) is 4.40 Å². The molecule has 3 heterocycles. The number of fused-ring (bicyclic) bond motifs is 2. The van der Waals surface area contributed by atoms with Crippen LogP contribution in [0.15, 0.2) is 60.9 Å². The molecule has 0 unspecified atom stereocenters. The van der Waals surface area contributed by atoms with Gasteiger partial charge < -0.3 is 9.51 Å². The van der Waals surface area contributed by atoms with E-state index < -0.39 is 5.97 Å². The van der Waals surface area contributed by atoms with Crippen LogP contribution in [0, 0.1) is 0 Å². The Labute approximate surface area is 124 Å². The zero-order valence-electron chi connectivity index (χ0n) is 11.0. The van der Waals surface area contributed by atoms with Crippen LogP contribution in [0.3, 0.4) is 0 Å². The first kappa shape index (κ1) is 12.2. The maximum atomic E-state index is 11.7. The molecule has 102 valence electrons. The zero-order valence-corrected chi connectivity index (χ0v) is 11.8. The van der Waals surface area contributed by atoms with Crippen molar-refractivity contribution >= 4 is 32.9 Å². The minimum atomic E-state index is -0.892.